The summed E-state index contributed by atoms with van der Waals surface area (Å²) in [5.41, 5.74) is 5.44. The van der Waals surface area contributed by atoms with Crippen LogP contribution in [0.15, 0.2) is 30.3 Å². The lowest BCUT2D eigenvalue weighted by Gasteiger charge is -2.27. The highest BCUT2D eigenvalue weighted by Gasteiger charge is 2.31. The van der Waals surface area contributed by atoms with Crippen LogP contribution in [0.2, 0.25) is 0 Å². The van der Waals surface area contributed by atoms with Gasteiger partial charge in [0.05, 0.1) is 0 Å². The fraction of sp³-hybridized carbons (Fsp3) is 0.467. The highest BCUT2D eigenvalue weighted by atomic mass is 16.6. The smallest absolute Gasteiger partial charge is 0.408 e. The molecule has 0 aromatic heterocycles. The summed E-state index contributed by atoms with van der Waals surface area (Å²) in [4.78, 5) is 23.5. The van der Waals surface area contributed by atoms with Gasteiger partial charge in [0.2, 0.25) is 5.91 Å². The molecule has 1 unspecified atom stereocenters. The number of primary amides is 1. The van der Waals surface area contributed by atoms with Gasteiger partial charge in [-0.1, -0.05) is 30.3 Å². The van der Waals surface area contributed by atoms with Gasteiger partial charge in [0.15, 0.2) is 0 Å². The first kappa shape index (κ1) is 17.0. The average molecular weight is 294 g/mol. The summed E-state index contributed by atoms with van der Waals surface area (Å²) in [6.07, 6.45) is -1.40. The maximum absolute atomic E-state index is 11.8. The molecule has 2 amide bonds. The van der Waals surface area contributed by atoms with E-state index in [1.165, 1.54) is 7.11 Å². The number of rotatable bonds is 5. The average Bonchev–Trinajstić information content (AvgIpc) is 2.37. The van der Waals surface area contributed by atoms with Gasteiger partial charge < -0.3 is 20.5 Å². The van der Waals surface area contributed by atoms with Gasteiger partial charge in [0.25, 0.3) is 0 Å². The molecule has 1 aromatic carbocycles. The van der Waals surface area contributed by atoms with Gasteiger partial charge in [-0.15, -0.1) is 0 Å². The summed E-state index contributed by atoms with van der Waals surface area (Å²) in [7, 11) is 1.45. The molecule has 1 rings (SSSR count). The first-order chi connectivity index (χ1) is 9.74. The number of nitrogens with one attached hydrogen (secondary N) is 1. The summed E-state index contributed by atoms with van der Waals surface area (Å²) < 4.78 is 10.5. The van der Waals surface area contributed by atoms with Crippen molar-refractivity contribution < 1.29 is 19.1 Å². The molecule has 3 N–H and O–H groups in total. The molecule has 0 aliphatic heterocycles. The Morgan fingerprint density at radius 2 is 1.76 bits per heavy atom. The van der Waals surface area contributed by atoms with Gasteiger partial charge in [-0.05, 0) is 26.3 Å². The van der Waals surface area contributed by atoms with Crippen molar-refractivity contribution >= 4 is 12.0 Å². The number of amides is 2. The van der Waals surface area contributed by atoms with E-state index in [1.807, 2.05) is 18.2 Å². The number of ether oxygens (including phenoxy) is 2. The van der Waals surface area contributed by atoms with E-state index in [0.717, 1.165) is 5.56 Å². The Morgan fingerprint density at radius 3 is 2.19 bits per heavy atom. The van der Waals surface area contributed by atoms with Crippen molar-refractivity contribution in [2.24, 2.45) is 5.73 Å². The third-order valence-electron chi connectivity index (χ3n) is 2.66. The van der Waals surface area contributed by atoms with Crippen LogP contribution in [0.1, 0.15) is 32.4 Å². The number of nitrogens with two attached hydrogens (primary N) is 1. The number of hydrogen-bond acceptors (Lipinski definition) is 4. The Morgan fingerprint density at radius 1 is 1.19 bits per heavy atom. The van der Waals surface area contributed by atoms with Gasteiger partial charge in [-0.3, -0.25) is 4.79 Å². The molecule has 1 aromatic rings. The van der Waals surface area contributed by atoms with Gasteiger partial charge >= 0.3 is 6.09 Å². The maximum Gasteiger partial charge on any atom is 0.408 e. The molecular weight excluding hydrogens is 272 g/mol. The maximum atomic E-state index is 11.8. The lowest BCUT2D eigenvalue weighted by atomic mass is 10.0. The third-order valence-corrected chi connectivity index (χ3v) is 2.66. The van der Waals surface area contributed by atoms with Crippen LogP contribution in [0.25, 0.3) is 0 Å². The predicted molar refractivity (Wildman–Crippen MR) is 78.5 cm³/mol. The Balaban J connectivity index is 2.90. The predicted octanol–water partition coefficient (Wildman–Crippen LogP) is 1.75. The minimum atomic E-state index is -1.02. The van der Waals surface area contributed by atoms with Crippen molar-refractivity contribution in [2.75, 3.05) is 7.11 Å². The number of hydrogen-bond donors (Lipinski definition) is 2. The highest BCUT2D eigenvalue weighted by molar-refractivity contribution is 5.85. The zero-order valence-electron chi connectivity index (χ0n) is 12.8. The van der Waals surface area contributed by atoms with Crippen LogP contribution < -0.4 is 11.1 Å². The van der Waals surface area contributed by atoms with Gasteiger partial charge in [-0.25, -0.2) is 4.79 Å². The highest BCUT2D eigenvalue weighted by Crippen LogP contribution is 2.21. The molecule has 0 bridgehead atoms. The van der Waals surface area contributed by atoms with Crippen molar-refractivity contribution in [3.05, 3.63) is 35.9 Å². The van der Waals surface area contributed by atoms with Crippen molar-refractivity contribution in [2.45, 2.75) is 38.5 Å². The van der Waals surface area contributed by atoms with E-state index in [9.17, 15) is 9.59 Å². The van der Waals surface area contributed by atoms with Crippen LogP contribution in [-0.4, -0.2) is 30.8 Å². The van der Waals surface area contributed by atoms with E-state index in [4.69, 9.17) is 15.2 Å². The summed E-state index contributed by atoms with van der Waals surface area (Å²) in [5.74, 6) is -0.698. The number of carbonyl (C=O) groups excluding carboxylic acids is 2. The topological polar surface area (TPSA) is 90.7 Å². The minimum absolute atomic E-state index is 0.665. The Kier molecular flexibility index (Phi) is 5.72. The largest absolute Gasteiger partial charge is 0.444 e. The standard InChI is InChI=1S/C15H22N2O4/c1-15(2,3)21-14(19)17-11(13(16)18)12(20-4)10-8-6-5-7-9-10/h5-9,11-12H,1-4H3,(H2,16,18)(H,17,19)/t11-,12?/m0/s1. The molecular formula is C15H22N2O4. The van der Waals surface area contributed by atoms with Crippen LogP contribution in [0.5, 0.6) is 0 Å². The second-order valence-corrected chi connectivity index (χ2v) is 5.59. The van der Waals surface area contributed by atoms with Gasteiger partial charge in [0.1, 0.15) is 17.7 Å². The number of alkyl carbamates (subject to hydrolysis) is 1. The third kappa shape index (κ3) is 5.43. The zero-order valence-corrected chi connectivity index (χ0v) is 12.8. The second-order valence-electron chi connectivity index (χ2n) is 5.59. The fourth-order valence-electron chi connectivity index (χ4n) is 1.84. The van der Waals surface area contributed by atoms with E-state index in [-0.39, 0.29) is 0 Å². The first-order valence-electron chi connectivity index (χ1n) is 6.61. The van der Waals surface area contributed by atoms with Crippen molar-refractivity contribution in [1.29, 1.82) is 0 Å². The monoisotopic (exact) mass is 294 g/mol. The quantitative estimate of drug-likeness (QED) is 0.865. The summed E-state index contributed by atoms with van der Waals surface area (Å²) in [6, 6.07) is 8.03. The molecule has 21 heavy (non-hydrogen) atoms. The van der Waals surface area contributed by atoms with E-state index >= 15 is 0 Å². The molecule has 0 saturated carbocycles. The van der Waals surface area contributed by atoms with Crippen LogP contribution in [0.3, 0.4) is 0 Å². The molecule has 0 fully saturated rings. The van der Waals surface area contributed by atoms with E-state index < -0.39 is 29.7 Å². The molecule has 0 spiro atoms. The molecule has 2 atom stereocenters. The molecule has 116 valence electrons. The Labute approximate surface area is 124 Å². The number of methoxy groups -OCH3 is 1. The Hall–Kier alpha value is -2.08. The summed E-state index contributed by atoms with van der Waals surface area (Å²) in [6.45, 7) is 5.20. The number of benzene rings is 1. The van der Waals surface area contributed by atoms with Crippen LogP contribution in [-0.2, 0) is 14.3 Å². The lowest BCUT2D eigenvalue weighted by Crippen LogP contribution is -2.50. The van der Waals surface area contributed by atoms with Crippen LogP contribution in [0.4, 0.5) is 4.79 Å². The molecule has 0 saturated heterocycles. The van der Waals surface area contributed by atoms with Crippen molar-refractivity contribution in [3.63, 3.8) is 0 Å². The van der Waals surface area contributed by atoms with Crippen LogP contribution in [0, 0.1) is 0 Å². The molecule has 0 heterocycles. The lowest BCUT2D eigenvalue weighted by molar-refractivity contribution is -0.123. The summed E-state index contributed by atoms with van der Waals surface area (Å²) in [5, 5.41) is 2.46. The SMILES string of the molecule is COC(c1ccccc1)[C@H](NC(=O)OC(C)(C)C)C(N)=O. The fourth-order valence-corrected chi connectivity index (χ4v) is 1.84. The molecule has 0 radical (unpaired) electrons. The number of carbonyl (C=O) groups is 2. The molecule has 6 nitrogen and oxygen atoms in total. The summed E-state index contributed by atoms with van der Waals surface area (Å²) >= 11 is 0. The van der Waals surface area contributed by atoms with Gasteiger partial charge in [-0.2, -0.15) is 0 Å². The van der Waals surface area contributed by atoms with E-state index in [0.29, 0.717) is 0 Å². The molecule has 0 aliphatic rings. The van der Waals surface area contributed by atoms with Crippen LogP contribution >= 0.6 is 0 Å². The first-order valence-corrected chi connectivity index (χ1v) is 6.61. The van der Waals surface area contributed by atoms with Gasteiger partial charge in [0, 0.05) is 7.11 Å². The second kappa shape index (κ2) is 7.08. The molecule has 6 heteroatoms. The van der Waals surface area contributed by atoms with Crippen molar-refractivity contribution in [3.8, 4) is 0 Å². The normalized spacial score (nSPS) is 14.1. The van der Waals surface area contributed by atoms with E-state index in [1.54, 1.807) is 32.9 Å². The van der Waals surface area contributed by atoms with Crippen molar-refractivity contribution in [1.82, 2.24) is 5.32 Å². The molecule has 0 aliphatic carbocycles. The zero-order chi connectivity index (χ0) is 16.0. The Bertz CT molecular complexity index is 482. The minimum Gasteiger partial charge on any atom is -0.444 e. The van der Waals surface area contributed by atoms with E-state index in [2.05, 4.69) is 5.32 Å².